The quantitative estimate of drug-likeness (QED) is 0.794. The summed E-state index contributed by atoms with van der Waals surface area (Å²) in [4.78, 5) is 5.65. The van der Waals surface area contributed by atoms with Gasteiger partial charge in [-0.1, -0.05) is 19.8 Å². The molecule has 1 aromatic rings. The minimum atomic E-state index is 1.04. The van der Waals surface area contributed by atoms with E-state index in [9.17, 15) is 0 Å². The fraction of sp³-hybridized carbons (Fsp3) is 0.750. The molecule has 1 aliphatic rings. The molecule has 1 saturated heterocycles. The molecule has 19 heavy (non-hydrogen) atoms. The van der Waals surface area contributed by atoms with E-state index in [1.807, 2.05) is 11.3 Å². The summed E-state index contributed by atoms with van der Waals surface area (Å²) in [5.41, 5.74) is 1.56. The first-order valence-corrected chi connectivity index (χ1v) is 8.62. The summed E-state index contributed by atoms with van der Waals surface area (Å²) in [7, 11) is 0. The fourth-order valence-corrected chi connectivity index (χ4v) is 3.78. The van der Waals surface area contributed by atoms with Crippen LogP contribution in [0.3, 0.4) is 0 Å². The third-order valence-corrected chi connectivity index (χ3v) is 4.98. The molecule has 0 bridgehead atoms. The zero-order chi connectivity index (χ0) is 13.5. The lowest BCUT2D eigenvalue weighted by molar-refractivity contribution is 0.277. The van der Waals surface area contributed by atoms with Crippen molar-refractivity contribution >= 4 is 11.3 Å². The Morgan fingerprint density at radius 3 is 2.63 bits per heavy atom. The Morgan fingerprint density at radius 1 is 1.21 bits per heavy atom. The second-order valence-corrected chi connectivity index (χ2v) is 7.00. The Morgan fingerprint density at radius 2 is 1.95 bits per heavy atom. The Balaban J connectivity index is 1.88. The van der Waals surface area contributed by atoms with Crippen molar-refractivity contribution < 1.29 is 0 Å². The van der Waals surface area contributed by atoms with Gasteiger partial charge in [0.05, 0.1) is 0 Å². The van der Waals surface area contributed by atoms with Gasteiger partial charge in [0.15, 0.2) is 0 Å². The van der Waals surface area contributed by atoms with E-state index in [2.05, 4.69) is 30.1 Å². The van der Waals surface area contributed by atoms with Gasteiger partial charge in [-0.05, 0) is 57.5 Å². The first-order valence-electron chi connectivity index (χ1n) is 7.81. The number of likely N-dealkylation sites (tertiary alicyclic amines) is 1. The Kier molecular flexibility index (Phi) is 6.35. The molecule has 2 heterocycles. The Bertz CT molecular complexity index is 365. The molecule has 0 amide bonds. The van der Waals surface area contributed by atoms with Crippen molar-refractivity contribution in [3.63, 3.8) is 0 Å². The van der Waals surface area contributed by atoms with Gasteiger partial charge in [0.2, 0.25) is 0 Å². The largest absolute Gasteiger partial charge is 0.312 e. The molecule has 1 fully saturated rings. The van der Waals surface area contributed by atoms with E-state index >= 15 is 0 Å². The predicted molar refractivity (Wildman–Crippen MR) is 84.8 cm³/mol. The number of nitrogens with one attached hydrogen (secondary N) is 1. The summed E-state index contributed by atoms with van der Waals surface area (Å²) in [5, 5.41) is 3.50. The zero-order valence-electron chi connectivity index (χ0n) is 12.5. The van der Waals surface area contributed by atoms with Crippen LogP contribution < -0.4 is 5.32 Å². The van der Waals surface area contributed by atoms with Gasteiger partial charge < -0.3 is 5.32 Å². The second-order valence-electron chi connectivity index (χ2n) is 5.66. The number of rotatable bonds is 6. The highest BCUT2D eigenvalue weighted by Gasteiger charge is 2.12. The molecule has 2 nitrogen and oxygen atoms in total. The predicted octanol–water partition coefficient (Wildman–Crippen LogP) is 3.93. The molecule has 0 radical (unpaired) electrons. The lowest BCUT2D eigenvalue weighted by Gasteiger charge is -2.19. The lowest BCUT2D eigenvalue weighted by Crippen LogP contribution is -2.24. The molecule has 3 heteroatoms. The minimum absolute atomic E-state index is 1.04. The van der Waals surface area contributed by atoms with E-state index in [0.29, 0.717) is 0 Å². The van der Waals surface area contributed by atoms with Gasteiger partial charge in [0.25, 0.3) is 0 Å². The highest BCUT2D eigenvalue weighted by Crippen LogP contribution is 2.24. The number of thiophene rings is 1. The van der Waals surface area contributed by atoms with Crippen LogP contribution in [0, 0.1) is 6.92 Å². The van der Waals surface area contributed by atoms with E-state index in [-0.39, 0.29) is 0 Å². The van der Waals surface area contributed by atoms with Gasteiger partial charge >= 0.3 is 0 Å². The maximum atomic E-state index is 3.50. The molecule has 0 atom stereocenters. The number of aryl methyl sites for hydroxylation is 1. The molecule has 1 aromatic heterocycles. The van der Waals surface area contributed by atoms with Crippen molar-refractivity contribution in [1.82, 2.24) is 10.2 Å². The van der Waals surface area contributed by atoms with Crippen LogP contribution in [0.1, 0.15) is 54.3 Å². The van der Waals surface area contributed by atoms with Crippen molar-refractivity contribution in [2.75, 3.05) is 19.6 Å². The van der Waals surface area contributed by atoms with Crippen molar-refractivity contribution in [3.8, 4) is 0 Å². The zero-order valence-corrected chi connectivity index (χ0v) is 13.3. The Labute approximate surface area is 122 Å². The molecular weight excluding hydrogens is 252 g/mol. The summed E-state index contributed by atoms with van der Waals surface area (Å²) < 4.78 is 0. The molecule has 2 rings (SSSR count). The van der Waals surface area contributed by atoms with Crippen molar-refractivity contribution in [2.24, 2.45) is 0 Å². The highest BCUT2D eigenvalue weighted by molar-refractivity contribution is 7.12. The van der Waals surface area contributed by atoms with Gasteiger partial charge in [0, 0.05) is 22.8 Å². The van der Waals surface area contributed by atoms with Crippen LogP contribution in [0.25, 0.3) is 0 Å². The van der Waals surface area contributed by atoms with Crippen LogP contribution in [-0.2, 0) is 13.1 Å². The monoisotopic (exact) mass is 280 g/mol. The lowest BCUT2D eigenvalue weighted by atomic mass is 10.2. The maximum Gasteiger partial charge on any atom is 0.0299 e. The van der Waals surface area contributed by atoms with Crippen LogP contribution in [0.5, 0.6) is 0 Å². The molecule has 0 unspecified atom stereocenters. The van der Waals surface area contributed by atoms with Crippen LogP contribution >= 0.6 is 11.3 Å². The molecule has 0 aromatic carbocycles. The fourth-order valence-electron chi connectivity index (χ4n) is 2.76. The SMILES string of the molecule is CCCNCc1cc(CN2CCCCCC2)c(C)s1. The molecular formula is C16H28N2S. The molecule has 1 aliphatic heterocycles. The maximum absolute atomic E-state index is 3.50. The summed E-state index contributed by atoms with van der Waals surface area (Å²) in [6, 6.07) is 2.42. The van der Waals surface area contributed by atoms with Crippen LogP contribution in [0.4, 0.5) is 0 Å². The number of nitrogens with zero attached hydrogens (tertiary/aromatic N) is 1. The van der Waals surface area contributed by atoms with E-state index in [0.717, 1.165) is 19.6 Å². The van der Waals surface area contributed by atoms with Crippen LogP contribution in [0.2, 0.25) is 0 Å². The van der Waals surface area contributed by atoms with Crippen molar-refractivity contribution in [2.45, 2.75) is 59.0 Å². The van der Waals surface area contributed by atoms with E-state index < -0.39 is 0 Å². The van der Waals surface area contributed by atoms with Gasteiger partial charge in [-0.3, -0.25) is 4.90 Å². The van der Waals surface area contributed by atoms with Gasteiger partial charge in [0.1, 0.15) is 0 Å². The van der Waals surface area contributed by atoms with Gasteiger partial charge in [-0.2, -0.15) is 0 Å². The average Bonchev–Trinajstić information content (AvgIpc) is 2.61. The van der Waals surface area contributed by atoms with Gasteiger partial charge in [-0.25, -0.2) is 0 Å². The molecule has 0 saturated carbocycles. The summed E-state index contributed by atoms with van der Waals surface area (Å²) in [6.07, 6.45) is 6.82. The Hall–Kier alpha value is -0.380. The molecule has 0 spiro atoms. The summed E-state index contributed by atoms with van der Waals surface area (Å²) >= 11 is 1.97. The number of hydrogen-bond acceptors (Lipinski definition) is 3. The molecule has 0 aliphatic carbocycles. The standard InChI is InChI=1S/C16H28N2S/c1-3-8-17-12-16-11-15(14(2)19-16)13-18-9-6-4-5-7-10-18/h11,17H,3-10,12-13H2,1-2H3. The minimum Gasteiger partial charge on any atom is -0.312 e. The highest BCUT2D eigenvalue weighted by atomic mass is 32.1. The third-order valence-electron chi connectivity index (χ3n) is 3.89. The topological polar surface area (TPSA) is 15.3 Å². The van der Waals surface area contributed by atoms with Crippen molar-refractivity contribution in [1.29, 1.82) is 0 Å². The van der Waals surface area contributed by atoms with Crippen LogP contribution in [-0.4, -0.2) is 24.5 Å². The summed E-state index contributed by atoms with van der Waals surface area (Å²) in [6.45, 7) is 10.4. The van der Waals surface area contributed by atoms with Gasteiger partial charge in [-0.15, -0.1) is 11.3 Å². The van der Waals surface area contributed by atoms with E-state index in [4.69, 9.17) is 0 Å². The summed E-state index contributed by atoms with van der Waals surface area (Å²) in [5.74, 6) is 0. The normalized spacial score (nSPS) is 17.6. The third kappa shape index (κ3) is 4.90. The second kappa shape index (κ2) is 8.03. The van der Waals surface area contributed by atoms with E-state index in [1.54, 1.807) is 5.56 Å². The smallest absolute Gasteiger partial charge is 0.0299 e. The average molecular weight is 280 g/mol. The first-order chi connectivity index (χ1) is 9.29. The molecule has 1 N–H and O–H groups in total. The molecule has 108 valence electrons. The first kappa shape index (κ1) is 15.0. The van der Waals surface area contributed by atoms with Crippen molar-refractivity contribution in [3.05, 3.63) is 21.4 Å². The van der Waals surface area contributed by atoms with Crippen LogP contribution in [0.15, 0.2) is 6.07 Å². The van der Waals surface area contributed by atoms with E-state index in [1.165, 1.54) is 54.9 Å². The number of hydrogen-bond donors (Lipinski definition) is 1.